The molecule has 0 aliphatic carbocycles. The van der Waals surface area contributed by atoms with Gasteiger partial charge in [-0.05, 0) is 56.2 Å². The van der Waals surface area contributed by atoms with Gasteiger partial charge in [-0.25, -0.2) is 4.79 Å². The second kappa shape index (κ2) is 11.5. The van der Waals surface area contributed by atoms with E-state index in [0.717, 1.165) is 22.2 Å². The topological polar surface area (TPSA) is 81.1 Å². The molecule has 2 amide bonds. The number of rotatable bonds is 8. The van der Waals surface area contributed by atoms with Gasteiger partial charge in [0, 0.05) is 10.8 Å². The number of anilines is 1. The number of nitrogens with one attached hydrogen (secondary N) is 2. The molecule has 4 aromatic rings. The first-order chi connectivity index (χ1) is 17.4. The van der Waals surface area contributed by atoms with Crippen LogP contribution in [0.5, 0.6) is 5.75 Å². The third-order valence-electron chi connectivity index (χ3n) is 5.61. The van der Waals surface area contributed by atoms with Crippen molar-refractivity contribution in [2.75, 3.05) is 12.4 Å². The lowest BCUT2D eigenvalue weighted by atomic mass is 10.2. The van der Waals surface area contributed by atoms with Gasteiger partial charge < -0.3 is 15.4 Å². The molecule has 1 atom stereocenters. The van der Waals surface area contributed by atoms with Crippen molar-refractivity contribution in [3.63, 3.8) is 0 Å². The lowest BCUT2D eigenvalue weighted by molar-refractivity contribution is 0.248. The van der Waals surface area contributed by atoms with Gasteiger partial charge in [-0.3, -0.25) is 4.57 Å². The molecule has 1 aromatic heterocycles. The highest BCUT2D eigenvalue weighted by molar-refractivity contribution is 7.98. The average molecular weight is 522 g/mol. The van der Waals surface area contributed by atoms with E-state index in [2.05, 4.69) is 52.0 Å². The average Bonchev–Trinajstić information content (AvgIpc) is 3.28. The van der Waals surface area contributed by atoms with Crippen LogP contribution in [0.1, 0.15) is 35.5 Å². The maximum atomic E-state index is 12.8. The van der Waals surface area contributed by atoms with Gasteiger partial charge in [-0.1, -0.05) is 71.4 Å². The molecular formula is C27H28ClN5O2S. The van der Waals surface area contributed by atoms with E-state index in [1.807, 2.05) is 48.7 Å². The van der Waals surface area contributed by atoms with E-state index in [-0.39, 0.29) is 6.03 Å². The number of methoxy groups -OCH3 is 1. The van der Waals surface area contributed by atoms with Crippen LogP contribution in [-0.4, -0.2) is 27.9 Å². The highest BCUT2D eigenvalue weighted by Crippen LogP contribution is 2.31. The fourth-order valence-electron chi connectivity index (χ4n) is 3.82. The van der Waals surface area contributed by atoms with Gasteiger partial charge in [-0.2, -0.15) is 0 Å². The van der Waals surface area contributed by atoms with Crippen molar-refractivity contribution in [2.45, 2.75) is 37.7 Å². The number of carbonyl (C=O) groups excluding carboxylic acids is 1. The zero-order chi connectivity index (χ0) is 25.7. The SMILES string of the molecule is COc1ccccc1NC(=O)NC(C)c1nnc(SCc2cccc(C)c2)n1-c1cc(Cl)ccc1C. The Labute approximate surface area is 220 Å². The number of benzene rings is 3. The van der Waals surface area contributed by atoms with Gasteiger partial charge in [0.2, 0.25) is 0 Å². The number of nitrogens with zero attached hydrogens (tertiary/aromatic N) is 3. The van der Waals surface area contributed by atoms with E-state index in [9.17, 15) is 4.79 Å². The van der Waals surface area contributed by atoms with Gasteiger partial charge >= 0.3 is 6.03 Å². The zero-order valence-corrected chi connectivity index (χ0v) is 22.2. The molecule has 36 heavy (non-hydrogen) atoms. The molecule has 3 aromatic carbocycles. The van der Waals surface area contributed by atoms with Crippen molar-refractivity contribution >= 4 is 35.1 Å². The largest absolute Gasteiger partial charge is 0.495 e. The predicted molar refractivity (Wildman–Crippen MR) is 145 cm³/mol. The number of ether oxygens (including phenoxy) is 1. The van der Waals surface area contributed by atoms with Crippen LogP contribution in [-0.2, 0) is 5.75 Å². The summed E-state index contributed by atoms with van der Waals surface area (Å²) in [6.45, 7) is 5.96. The third kappa shape index (κ3) is 6.01. The van der Waals surface area contributed by atoms with Gasteiger partial charge in [0.25, 0.3) is 0 Å². The van der Waals surface area contributed by atoms with Crippen LogP contribution in [0.2, 0.25) is 5.02 Å². The summed E-state index contributed by atoms with van der Waals surface area (Å²) in [5, 5.41) is 16.1. The molecule has 0 aliphatic heterocycles. The number of amides is 2. The monoisotopic (exact) mass is 521 g/mol. The molecule has 1 unspecified atom stereocenters. The molecule has 0 fully saturated rings. The highest BCUT2D eigenvalue weighted by Gasteiger charge is 2.22. The van der Waals surface area contributed by atoms with Crippen LogP contribution in [0.25, 0.3) is 5.69 Å². The molecule has 9 heteroatoms. The van der Waals surface area contributed by atoms with E-state index in [1.165, 1.54) is 11.1 Å². The van der Waals surface area contributed by atoms with Gasteiger partial charge in [0.1, 0.15) is 5.75 Å². The molecule has 0 radical (unpaired) electrons. The van der Waals surface area contributed by atoms with Crippen molar-refractivity contribution in [1.82, 2.24) is 20.1 Å². The van der Waals surface area contributed by atoms with E-state index >= 15 is 0 Å². The second-order valence-corrected chi connectivity index (χ2v) is 9.78. The Bertz CT molecular complexity index is 1370. The Morgan fingerprint density at radius 3 is 2.67 bits per heavy atom. The summed E-state index contributed by atoms with van der Waals surface area (Å²) in [5.74, 6) is 1.91. The van der Waals surface area contributed by atoms with Crippen LogP contribution in [0.15, 0.2) is 71.9 Å². The Morgan fingerprint density at radius 1 is 1.08 bits per heavy atom. The number of hydrogen-bond acceptors (Lipinski definition) is 5. The fourth-order valence-corrected chi connectivity index (χ4v) is 4.88. The van der Waals surface area contributed by atoms with E-state index in [1.54, 1.807) is 31.0 Å². The normalized spacial score (nSPS) is 11.7. The summed E-state index contributed by atoms with van der Waals surface area (Å²) < 4.78 is 7.29. The second-order valence-electron chi connectivity index (χ2n) is 8.41. The zero-order valence-electron chi connectivity index (χ0n) is 20.6. The molecule has 0 saturated heterocycles. The molecule has 186 valence electrons. The van der Waals surface area contributed by atoms with E-state index in [0.29, 0.717) is 22.3 Å². The number of urea groups is 1. The van der Waals surface area contributed by atoms with Crippen molar-refractivity contribution < 1.29 is 9.53 Å². The maximum Gasteiger partial charge on any atom is 0.319 e. The van der Waals surface area contributed by atoms with E-state index in [4.69, 9.17) is 16.3 Å². The van der Waals surface area contributed by atoms with Crippen molar-refractivity contribution in [3.05, 3.63) is 94.3 Å². The molecule has 0 saturated carbocycles. The smallest absolute Gasteiger partial charge is 0.319 e. The molecule has 4 rings (SSSR count). The van der Waals surface area contributed by atoms with Crippen molar-refractivity contribution in [2.24, 2.45) is 0 Å². The summed E-state index contributed by atoms with van der Waals surface area (Å²) in [6.07, 6.45) is 0. The molecule has 0 bridgehead atoms. The summed E-state index contributed by atoms with van der Waals surface area (Å²) >= 11 is 7.94. The van der Waals surface area contributed by atoms with Crippen LogP contribution in [0.3, 0.4) is 0 Å². The Hall–Kier alpha value is -3.49. The number of carbonyl (C=O) groups is 1. The van der Waals surface area contributed by atoms with Crippen LogP contribution in [0, 0.1) is 13.8 Å². The minimum absolute atomic E-state index is 0.377. The summed E-state index contributed by atoms with van der Waals surface area (Å²) in [5.41, 5.74) is 4.86. The molecule has 7 nitrogen and oxygen atoms in total. The summed E-state index contributed by atoms with van der Waals surface area (Å²) in [6, 6.07) is 20.5. The number of aromatic nitrogens is 3. The predicted octanol–water partition coefficient (Wildman–Crippen LogP) is 6.72. The maximum absolute atomic E-state index is 12.8. The van der Waals surface area contributed by atoms with Gasteiger partial charge in [0.05, 0.1) is 24.5 Å². The number of hydrogen-bond donors (Lipinski definition) is 2. The fraction of sp³-hybridized carbons (Fsp3) is 0.222. The van der Waals surface area contributed by atoms with Gasteiger partial charge in [0.15, 0.2) is 11.0 Å². The first-order valence-corrected chi connectivity index (χ1v) is 12.8. The summed E-state index contributed by atoms with van der Waals surface area (Å²) in [4.78, 5) is 12.8. The van der Waals surface area contributed by atoms with Crippen molar-refractivity contribution in [1.29, 1.82) is 0 Å². The van der Waals surface area contributed by atoms with Crippen LogP contribution < -0.4 is 15.4 Å². The quantitative estimate of drug-likeness (QED) is 0.251. The lowest BCUT2D eigenvalue weighted by Gasteiger charge is -2.18. The number of halogens is 1. The lowest BCUT2D eigenvalue weighted by Crippen LogP contribution is -2.32. The number of aryl methyl sites for hydroxylation is 2. The Kier molecular flexibility index (Phi) is 8.18. The molecule has 2 N–H and O–H groups in total. The minimum Gasteiger partial charge on any atom is -0.495 e. The number of thioether (sulfide) groups is 1. The highest BCUT2D eigenvalue weighted by atomic mass is 35.5. The van der Waals surface area contributed by atoms with Crippen molar-refractivity contribution in [3.8, 4) is 11.4 Å². The molecule has 0 spiro atoms. The number of para-hydroxylation sites is 2. The van der Waals surface area contributed by atoms with Crippen LogP contribution >= 0.6 is 23.4 Å². The van der Waals surface area contributed by atoms with E-state index < -0.39 is 6.04 Å². The molecular weight excluding hydrogens is 494 g/mol. The molecule has 1 heterocycles. The Balaban J connectivity index is 1.61. The minimum atomic E-state index is -0.445. The van der Waals surface area contributed by atoms with Crippen LogP contribution in [0.4, 0.5) is 10.5 Å². The standard InChI is InChI=1S/C27H28ClN5O2S/c1-17-8-7-9-20(14-17)16-36-27-32-31-25(33(27)23-15-21(28)13-12-18(23)2)19(3)29-26(34)30-22-10-5-6-11-24(22)35-4/h5-15,19H,16H2,1-4H3,(H2,29,30,34). The Morgan fingerprint density at radius 2 is 1.89 bits per heavy atom. The first kappa shape index (κ1) is 25.6. The third-order valence-corrected chi connectivity index (χ3v) is 6.85. The van der Waals surface area contributed by atoms with Gasteiger partial charge in [-0.15, -0.1) is 10.2 Å². The molecule has 0 aliphatic rings. The summed E-state index contributed by atoms with van der Waals surface area (Å²) in [7, 11) is 1.56. The first-order valence-electron chi connectivity index (χ1n) is 11.5.